The number of hydrogen-bond acceptors (Lipinski definition) is 2. The van der Waals surface area contributed by atoms with E-state index in [1.807, 2.05) is 6.07 Å². The molecule has 0 saturated carbocycles. The van der Waals surface area contributed by atoms with E-state index in [0.29, 0.717) is 5.92 Å². The van der Waals surface area contributed by atoms with Crippen molar-refractivity contribution in [2.75, 3.05) is 11.1 Å². The van der Waals surface area contributed by atoms with E-state index in [-0.39, 0.29) is 0 Å². The highest BCUT2D eigenvalue weighted by molar-refractivity contribution is 5.67. The molecule has 0 fully saturated rings. The zero-order valence-electron chi connectivity index (χ0n) is 15.9. The average Bonchev–Trinajstić information content (AvgIpc) is 2.60. The Bertz CT molecular complexity index is 846. The molecule has 0 heterocycles. The molecule has 3 aromatic rings. The van der Waals surface area contributed by atoms with Gasteiger partial charge in [0.25, 0.3) is 0 Å². The number of benzene rings is 3. The maximum absolute atomic E-state index is 6.04. The van der Waals surface area contributed by atoms with E-state index >= 15 is 0 Å². The van der Waals surface area contributed by atoms with Crippen LogP contribution in [0.2, 0.25) is 0 Å². The van der Waals surface area contributed by atoms with Crippen molar-refractivity contribution in [3.63, 3.8) is 0 Å². The lowest BCUT2D eigenvalue weighted by atomic mass is 10.0. The SMILES string of the molecule is Cc1ccc(Cc2cc(N)ccc2Nc2ccc(CC(C)C)cc2)cc1. The Kier molecular flexibility index (Phi) is 5.62. The number of nitrogen functional groups attached to an aromatic ring is 1. The molecule has 0 aliphatic rings. The zero-order valence-corrected chi connectivity index (χ0v) is 15.9. The van der Waals surface area contributed by atoms with Gasteiger partial charge in [0, 0.05) is 17.1 Å². The van der Waals surface area contributed by atoms with Crippen LogP contribution in [0.5, 0.6) is 0 Å². The summed E-state index contributed by atoms with van der Waals surface area (Å²) in [6, 6.07) is 23.5. The van der Waals surface area contributed by atoms with Gasteiger partial charge in [-0.2, -0.15) is 0 Å². The van der Waals surface area contributed by atoms with E-state index < -0.39 is 0 Å². The molecular formula is C24H28N2. The first-order valence-electron chi connectivity index (χ1n) is 9.29. The van der Waals surface area contributed by atoms with Crippen molar-refractivity contribution in [3.05, 3.63) is 89.0 Å². The molecule has 134 valence electrons. The largest absolute Gasteiger partial charge is 0.399 e. The van der Waals surface area contributed by atoms with Crippen LogP contribution in [-0.4, -0.2) is 0 Å². The lowest BCUT2D eigenvalue weighted by Gasteiger charge is -2.14. The molecule has 0 bridgehead atoms. The molecule has 3 aromatic carbocycles. The second-order valence-electron chi connectivity index (χ2n) is 7.50. The van der Waals surface area contributed by atoms with Gasteiger partial charge in [0.2, 0.25) is 0 Å². The highest BCUT2D eigenvalue weighted by atomic mass is 14.9. The zero-order chi connectivity index (χ0) is 18.5. The molecule has 0 amide bonds. The second-order valence-corrected chi connectivity index (χ2v) is 7.50. The van der Waals surface area contributed by atoms with Crippen LogP contribution in [0.3, 0.4) is 0 Å². The van der Waals surface area contributed by atoms with Gasteiger partial charge in [-0.05, 0) is 72.7 Å². The smallest absolute Gasteiger partial charge is 0.0421 e. The van der Waals surface area contributed by atoms with Gasteiger partial charge in [-0.15, -0.1) is 0 Å². The molecule has 26 heavy (non-hydrogen) atoms. The van der Waals surface area contributed by atoms with Gasteiger partial charge < -0.3 is 11.1 Å². The molecule has 0 unspecified atom stereocenters. The minimum Gasteiger partial charge on any atom is -0.399 e. The van der Waals surface area contributed by atoms with Crippen molar-refractivity contribution < 1.29 is 0 Å². The molecule has 0 radical (unpaired) electrons. The van der Waals surface area contributed by atoms with Crippen molar-refractivity contribution in [1.82, 2.24) is 0 Å². The number of hydrogen-bond donors (Lipinski definition) is 2. The molecule has 2 heteroatoms. The Morgan fingerprint density at radius 1 is 0.846 bits per heavy atom. The summed E-state index contributed by atoms with van der Waals surface area (Å²) >= 11 is 0. The summed E-state index contributed by atoms with van der Waals surface area (Å²) in [5, 5.41) is 3.56. The predicted molar refractivity (Wildman–Crippen MR) is 113 cm³/mol. The third-order valence-electron chi connectivity index (χ3n) is 4.52. The maximum atomic E-state index is 6.04. The number of anilines is 3. The van der Waals surface area contributed by atoms with E-state index in [4.69, 9.17) is 5.73 Å². The van der Waals surface area contributed by atoms with Crippen molar-refractivity contribution in [2.24, 2.45) is 5.92 Å². The molecule has 0 spiro atoms. The maximum Gasteiger partial charge on any atom is 0.0421 e. The normalized spacial score (nSPS) is 10.9. The first kappa shape index (κ1) is 18.1. The van der Waals surface area contributed by atoms with Crippen LogP contribution in [-0.2, 0) is 12.8 Å². The summed E-state index contributed by atoms with van der Waals surface area (Å²) < 4.78 is 0. The topological polar surface area (TPSA) is 38.0 Å². The summed E-state index contributed by atoms with van der Waals surface area (Å²) in [4.78, 5) is 0. The lowest BCUT2D eigenvalue weighted by Crippen LogP contribution is -2.00. The molecule has 0 aliphatic carbocycles. The minimum absolute atomic E-state index is 0.673. The Morgan fingerprint density at radius 3 is 2.15 bits per heavy atom. The monoisotopic (exact) mass is 344 g/mol. The Morgan fingerprint density at radius 2 is 1.50 bits per heavy atom. The lowest BCUT2D eigenvalue weighted by molar-refractivity contribution is 0.647. The summed E-state index contributed by atoms with van der Waals surface area (Å²) in [6.45, 7) is 6.61. The Labute approximate surface area is 157 Å². The summed E-state index contributed by atoms with van der Waals surface area (Å²) in [5.41, 5.74) is 14.2. The second kappa shape index (κ2) is 8.09. The highest BCUT2D eigenvalue weighted by Gasteiger charge is 2.06. The van der Waals surface area contributed by atoms with Gasteiger partial charge >= 0.3 is 0 Å². The molecule has 3 rings (SSSR count). The van der Waals surface area contributed by atoms with Crippen molar-refractivity contribution >= 4 is 17.1 Å². The van der Waals surface area contributed by atoms with E-state index in [1.54, 1.807) is 0 Å². The van der Waals surface area contributed by atoms with Crippen LogP contribution in [0.25, 0.3) is 0 Å². The van der Waals surface area contributed by atoms with Crippen LogP contribution < -0.4 is 11.1 Å². The quantitative estimate of drug-likeness (QED) is 0.529. The van der Waals surface area contributed by atoms with Gasteiger partial charge in [0.1, 0.15) is 0 Å². The fourth-order valence-electron chi connectivity index (χ4n) is 3.16. The van der Waals surface area contributed by atoms with E-state index in [2.05, 4.69) is 86.8 Å². The van der Waals surface area contributed by atoms with Crippen LogP contribution in [0.1, 0.15) is 36.1 Å². The van der Waals surface area contributed by atoms with Crippen molar-refractivity contribution in [1.29, 1.82) is 0 Å². The van der Waals surface area contributed by atoms with Crippen LogP contribution in [0, 0.1) is 12.8 Å². The average molecular weight is 345 g/mol. The van der Waals surface area contributed by atoms with Gasteiger partial charge in [-0.25, -0.2) is 0 Å². The van der Waals surface area contributed by atoms with Crippen molar-refractivity contribution in [3.8, 4) is 0 Å². The fraction of sp³-hybridized carbons (Fsp3) is 0.250. The Balaban J connectivity index is 1.80. The molecule has 2 nitrogen and oxygen atoms in total. The van der Waals surface area contributed by atoms with Gasteiger partial charge in [0.05, 0.1) is 0 Å². The molecular weight excluding hydrogens is 316 g/mol. The highest BCUT2D eigenvalue weighted by Crippen LogP contribution is 2.26. The Hall–Kier alpha value is -2.74. The molecule has 0 aliphatic heterocycles. The third kappa shape index (κ3) is 4.89. The summed E-state index contributed by atoms with van der Waals surface area (Å²) in [7, 11) is 0. The molecule has 0 saturated heterocycles. The van der Waals surface area contributed by atoms with E-state index in [0.717, 1.165) is 29.9 Å². The van der Waals surface area contributed by atoms with Crippen LogP contribution in [0.15, 0.2) is 66.7 Å². The number of aryl methyl sites for hydroxylation is 1. The van der Waals surface area contributed by atoms with E-state index in [1.165, 1.54) is 22.3 Å². The van der Waals surface area contributed by atoms with Crippen LogP contribution >= 0.6 is 0 Å². The van der Waals surface area contributed by atoms with Gasteiger partial charge in [-0.3, -0.25) is 0 Å². The fourth-order valence-corrected chi connectivity index (χ4v) is 3.16. The third-order valence-corrected chi connectivity index (χ3v) is 4.52. The molecule has 3 N–H and O–H groups in total. The first-order valence-corrected chi connectivity index (χ1v) is 9.29. The first-order chi connectivity index (χ1) is 12.5. The number of rotatable bonds is 6. The molecule has 0 atom stereocenters. The standard InChI is InChI=1S/C24H28N2/c1-17(2)14-19-8-11-23(12-9-19)26-24-13-10-22(25)16-21(24)15-20-6-4-18(3)5-7-20/h4-13,16-17,26H,14-15,25H2,1-3H3. The number of nitrogens with one attached hydrogen (secondary N) is 1. The van der Waals surface area contributed by atoms with Crippen LogP contribution in [0.4, 0.5) is 17.1 Å². The van der Waals surface area contributed by atoms with Gasteiger partial charge in [0.15, 0.2) is 0 Å². The van der Waals surface area contributed by atoms with E-state index in [9.17, 15) is 0 Å². The number of nitrogens with two attached hydrogens (primary N) is 1. The molecule has 0 aromatic heterocycles. The van der Waals surface area contributed by atoms with Gasteiger partial charge in [-0.1, -0.05) is 55.8 Å². The predicted octanol–water partition coefficient (Wildman–Crippen LogP) is 6.11. The minimum atomic E-state index is 0.673. The summed E-state index contributed by atoms with van der Waals surface area (Å²) in [5.74, 6) is 0.673. The van der Waals surface area contributed by atoms with Crippen molar-refractivity contribution in [2.45, 2.75) is 33.6 Å². The summed E-state index contributed by atoms with van der Waals surface area (Å²) in [6.07, 6.45) is 1.97.